The first-order valence-corrected chi connectivity index (χ1v) is 19.0. The Morgan fingerprint density at radius 1 is 0.685 bits per heavy atom. The topological polar surface area (TPSA) is 17.6 Å². The third-order valence-corrected chi connectivity index (χ3v) is 12.8. The third-order valence-electron chi connectivity index (χ3n) is 10.9. The van der Waals surface area contributed by atoms with Gasteiger partial charge in [-0.3, -0.25) is 18.3 Å². The molecular formula is C34H38B2Br2F12N4. The number of aromatic nitrogens is 4. The second-order valence-corrected chi connectivity index (χ2v) is 19.4. The van der Waals surface area contributed by atoms with E-state index in [-0.39, 0.29) is 47.8 Å². The van der Waals surface area contributed by atoms with E-state index in [0.29, 0.717) is 6.08 Å². The van der Waals surface area contributed by atoms with Crippen molar-refractivity contribution in [2.45, 2.75) is 115 Å². The number of allylic oxidation sites excluding steroid dienone is 4. The van der Waals surface area contributed by atoms with Crippen molar-refractivity contribution >= 4 is 58.4 Å². The third kappa shape index (κ3) is 6.40. The molecule has 0 spiro atoms. The predicted molar refractivity (Wildman–Crippen MR) is 190 cm³/mol. The Bertz CT molecular complexity index is 1920. The van der Waals surface area contributed by atoms with Crippen LogP contribution in [-0.2, 0) is 12.4 Å². The van der Waals surface area contributed by atoms with Crippen LogP contribution in [-0.4, -0.2) is 31.4 Å². The molecule has 0 amide bonds. The van der Waals surface area contributed by atoms with Gasteiger partial charge >= 0.3 is 24.7 Å². The zero-order chi connectivity index (χ0) is 41.1. The van der Waals surface area contributed by atoms with E-state index in [0.717, 1.165) is 0 Å². The highest BCUT2D eigenvalue weighted by molar-refractivity contribution is 9.52. The number of hydrogen-bond donors (Lipinski definition) is 0. The molecule has 0 bridgehead atoms. The SMILES string of the molecule is CC(C)n1cc[n+](C(C)C)c1[B-](Br)(Br)C1=CC(C(F)(F)F)=C[C@@]2(C(F)(F)F)[C@@H]1[B@@-]2(c1cc(C(F)(F)F)cc(C(F)(F)F)c1)c1n(C(C)C)cc[n+]1C(C)C. The minimum absolute atomic E-state index is 0.0127. The Morgan fingerprint density at radius 2 is 1.15 bits per heavy atom. The summed E-state index contributed by atoms with van der Waals surface area (Å²) in [5, 5.41) is -3.65. The van der Waals surface area contributed by atoms with Crippen LogP contribution < -0.4 is 26.0 Å². The lowest BCUT2D eigenvalue weighted by atomic mass is 9.28. The summed E-state index contributed by atoms with van der Waals surface area (Å²) in [6.45, 7) is 13.2. The first-order valence-electron chi connectivity index (χ1n) is 17.2. The minimum Gasteiger partial charge on any atom is -0.319 e. The number of nitrogens with zero attached hydrogens (tertiary/aromatic N) is 4. The van der Waals surface area contributed by atoms with Gasteiger partial charge in [-0.1, -0.05) is 24.3 Å². The second-order valence-electron chi connectivity index (χ2n) is 15.4. The molecule has 2 aromatic heterocycles. The molecule has 3 heterocycles. The number of benzene rings is 1. The second kappa shape index (κ2) is 13.2. The van der Waals surface area contributed by atoms with E-state index in [4.69, 9.17) is 0 Å². The first kappa shape index (κ1) is 42.5. The summed E-state index contributed by atoms with van der Waals surface area (Å²) in [4.78, 5) is 0. The molecule has 3 atom stereocenters. The molecule has 0 unspecified atom stereocenters. The van der Waals surface area contributed by atoms with E-state index in [1.54, 1.807) is 76.9 Å². The summed E-state index contributed by atoms with van der Waals surface area (Å²) in [6.07, 6.45) is -19.7. The summed E-state index contributed by atoms with van der Waals surface area (Å²) in [7, 11) is 0. The largest absolute Gasteiger partial charge is 0.416 e. The zero-order valence-electron chi connectivity index (χ0n) is 30.3. The molecule has 1 saturated heterocycles. The molecule has 2 aliphatic rings. The van der Waals surface area contributed by atoms with Crippen molar-refractivity contribution in [2.75, 3.05) is 0 Å². The minimum atomic E-state index is -5.65. The standard InChI is InChI=1S/C34H38B2Br2F12N4/c1-18(2)51-9-10-52(19(3)4)28(51)35(25-14-22(31(39,40)41)13-23(15-25)32(42,43)44)27-26(16-24(33(45,46)47)17-30(27,35)34(48,49)50)36(37,38)29-53(20(5)6)11-12-54(29)21(7)8/h9-21,27H,1-8H3/t27-,30+,35+/m1/s1. The Labute approximate surface area is 321 Å². The molecule has 4 nitrogen and oxygen atoms in total. The van der Waals surface area contributed by atoms with Crippen molar-refractivity contribution in [3.8, 4) is 0 Å². The van der Waals surface area contributed by atoms with Crippen LogP contribution in [0.2, 0.25) is 11.1 Å². The van der Waals surface area contributed by atoms with Gasteiger partial charge < -0.3 is 31.5 Å². The highest BCUT2D eigenvalue weighted by atomic mass is 79.9. The van der Waals surface area contributed by atoms with E-state index < -0.39 is 85.5 Å². The van der Waals surface area contributed by atoms with Gasteiger partial charge in [0.25, 0.3) is 3.79 Å². The summed E-state index contributed by atoms with van der Waals surface area (Å²) < 4.78 is 184. The Kier molecular flexibility index (Phi) is 10.4. The molecule has 1 fully saturated rings. The number of hydrogen-bond acceptors (Lipinski definition) is 0. The van der Waals surface area contributed by atoms with Gasteiger partial charge in [0, 0.05) is 5.57 Å². The van der Waals surface area contributed by atoms with Crippen molar-refractivity contribution in [1.82, 2.24) is 9.13 Å². The fourth-order valence-electron chi connectivity index (χ4n) is 8.77. The number of rotatable bonds is 8. The molecule has 1 aliphatic heterocycles. The Hall–Kier alpha value is -2.63. The lowest BCUT2D eigenvalue weighted by Crippen LogP contribution is -2.68. The van der Waals surface area contributed by atoms with Crippen LogP contribution in [0.4, 0.5) is 52.7 Å². The molecule has 1 aliphatic carbocycles. The van der Waals surface area contributed by atoms with Crippen LogP contribution in [0.15, 0.2) is 66.2 Å². The van der Waals surface area contributed by atoms with Crippen molar-refractivity contribution in [3.63, 3.8) is 0 Å². The van der Waals surface area contributed by atoms with Gasteiger partial charge in [0.05, 0.1) is 41.0 Å². The molecule has 1 aromatic carbocycles. The van der Waals surface area contributed by atoms with E-state index in [9.17, 15) is 26.3 Å². The van der Waals surface area contributed by atoms with Gasteiger partial charge in [0.15, 0.2) is 6.15 Å². The number of imidazole rings is 2. The summed E-state index contributed by atoms with van der Waals surface area (Å²) >= 11 is 7.08. The quantitative estimate of drug-likeness (QED) is 0.122. The maximum Gasteiger partial charge on any atom is 0.416 e. The van der Waals surface area contributed by atoms with Gasteiger partial charge in [0.1, 0.15) is 30.5 Å². The van der Waals surface area contributed by atoms with Gasteiger partial charge in [-0.05, 0) is 66.8 Å². The average molecular weight is 912 g/mol. The van der Waals surface area contributed by atoms with Crippen LogP contribution in [0.25, 0.3) is 0 Å². The van der Waals surface area contributed by atoms with Crippen LogP contribution in [0.1, 0.15) is 90.7 Å². The van der Waals surface area contributed by atoms with Crippen molar-refractivity contribution in [2.24, 2.45) is 0 Å². The Morgan fingerprint density at radius 3 is 1.56 bits per heavy atom. The molecule has 0 N–H and O–H groups in total. The molecule has 0 saturated carbocycles. The van der Waals surface area contributed by atoms with Gasteiger partial charge in [-0.15, -0.1) is 0 Å². The van der Waals surface area contributed by atoms with Gasteiger partial charge in [-0.2, -0.15) is 64.0 Å². The monoisotopic (exact) mass is 910 g/mol. The lowest BCUT2D eigenvalue weighted by molar-refractivity contribution is -0.699. The smallest absolute Gasteiger partial charge is 0.319 e. The maximum absolute atomic E-state index is 16.4. The van der Waals surface area contributed by atoms with E-state index >= 15 is 26.3 Å². The molecule has 54 heavy (non-hydrogen) atoms. The predicted octanol–water partition coefficient (Wildman–Crippen LogP) is 9.58. The Balaban J connectivity index is 2.11. The van der Waals surface area contributed by atoms with Crippen molar-refractivity contribution in [3.05, 3.63) is 77.3 Å². The maximum atomic E-state index is 16.4. The lowest BCUT2D eigenvalue weighted by Gasteiger charge is -2.39. The van der Waals surface area contributed by atoms with Crippen molar-refractivity contribution < 1.29 is 61.8 Å². The normalized spacial score (nSPS) is 22.7. The van der Waals surface area contributed by atoms with Crippen molar-refractivity contribution in [1.29, 1.82) is 0 Å². The van der Waals surface area contributed by atoms with Crippen LogP contribution in [0, 0.1) is 0 Å². The number of alkyl halides is 12. The average Bonchev–Trinajstić information content (AvgIpc) is 3.31. The summed E-state index contributed by atoms with van der Waals surface area (Å²) in [6, 6.07) is -1.96. The highest BCUT2D eigenvalue weighted by Gasteiger charge is 2.84. The highest BCUT2D eigenvalue weighted by Crippen LogP contribution is 2.83. The first-order chi connectivity index (χ1) is 24.4. The van der Waals surface area contributed by atoms with E-state index in [1.807, 2.05) is 0 Å². The van der Waals surface area contributed by atoms with Gasteiger partial charge in [-0.25, -0.2) is 5.47 Å². The molecule has 298 valence electrons. The van der Waals surface area contributed by atoms with Crippen LogP contribution in [0.5, 0.6) is 0 Å². The number of fused-ring (bicyclic) bond motifs is 1. The molecule has 20 heteroatoms. The molecule has 3 aromatic rings. The molecular weight excluding hydrogens is 874 g/mol. The van der Waals surface area contributed by atoms with E-state index in [1.165, 1.54) is 21.5 Å². The van der Waals surface area contributed by atoms with Crippen LogP contribution >= 0.6 is 31.5 Å². The van der Waals surface area contributed by atoms with E-state index in [2.05, 4.69) is 31.5 Å². The van der Waals surface area contributed by atoms with Crippen LogP contribution in [0.3, 0.4) is 0 Å². The van der Waals surface area contributed by atoms with Gasteiger partial charge in [0.2, 0.25) is 0 Å². The summed E-state index contributed by atoms with van der Waals surface area (Å²) in [5.41, 5.74) is -7.20. The fraction of sp³-hybridized carbons (Fsp3) is 0.529. The fourth-order valence-corrected chi connectivity index (χ4v) is 10.6. The zero-order valence-corrected chi connectivity index (χ0v) is 33.5. The molecule has 5 rings (SSSR count). The summed E-state index contributed by atoms with van der Waals surface area (Å²) in [5.74, 6) is -2.14. The molecule has 0 radical (unpaired) electrons. The number of halogens is 14.